The molecule has 1 amide bonds. The number of nitrogens with zero attached hydrogens (tertiary/aromatic N) is 2. The molecule has 5 nitrogen and oxygen atoms in total. The molecule has 2 aliphatic heterocycles. The summed E-state index contributed by atoms with van der Waals surface area (Å²) in [5, 5.41) is 12.5. The number of amides is 1. The van der Waals surface area contributed by atoms with E-state index in [1.807, 2.05) is 17.6 Å². The molecule has 0 saturated carbocycles. The van der Waals surface area contributed by atoms with Gasteiger partial charge in [-0.05, 0) is 43.4 Å². The van der Waals surface area contributed by atoms with E-state index in [1.54, 1.807) is 6.92 Å². The topological polar surface area (TPSA) is 71.7 Å². The maximum atomic E-state index is 13.2. The van der Waals surface area contributed by atoms with Crippen LogP contribution in [0, 0.1) is 23.4 Å². The van der Waals surface area contributed by atoms with Crippen molar-refractivity contribution in [2.24, 2.45) is 10.9 Å². The van der Waals surface area contributed by atoms with E-state index in [-0.39, 0.29) is 16.5 Å². The zero-order valence-electron chi connectivity index (χ0n) is 15.0. The Morgan fingerprint density at radius 3 is 2.60 bits per heavy atom. The van der Waals surface area contributed by atoms with Gasteiger partial charge in [0.2, 0.25) is 5.43 Å². The van der Waals surface area contributed by atoms with E-state index in [0.717, 1.165) is 12.0 Å². The number of rotatable bonds is 3. The van der Waals surface area contributed by atoms with Crippen molar-refractivity contribution in [3.8, 4) is 5.75 Å². The minimum Gasteiger partial charge on any atom is -0.507 e. The smallest absolute Gasteiger partial charge is 0.270 e. The van der Waals surface area contributed by atoms with Crippen LogP contribution in [-0.2, 0) is 11.3 Å². The predicted octanol–water partition coefficient (Wildman–Crippen LogP) is 1.61. The van der Waals surface area contributed by atoms with Crippen molar-refractivity contribution < 1.29 is 9.90 Å². The number of hydrogen-bond donors (Lipinski definition) is 1. The molecule has 0 aromatic carbocycles. The van der Waals surface area contributed by atoms with Gasteiger partial charge in [0.1, 0.15) is 16.5 Å². The number of carbonyl (C=O) groups is 1. The van der Waals surface area contributed by atoms with Crippen LogP contribution in [-0.4, -0.2) is 15.6 Å². The van der Waals surface area contributed by atoms with Crippen molar-refractivity contribution in [3.05, 3.63) is 54.8 Å². The fourth-order valence-electron chi connectivity index (χ4n) is 3.39. The van der Waals surface area contributed by atoms with Crippen LogP contribution in [0.4, 0.5) is 0 Å². The largest absolute Gasteiger partial charge is 0.507 e. The Hall–Kier alpha value is -2.69. The second-order valence-corrected chi connectivity index (χ2v) is 7.06. The first kappa shape index (κ1) is 17.1. The average Bonchev–Trinajstić information content (AvgIpc) is 2.50. The number of fused-ring (bicyclic) bond motifs is 1. The molecule has 2 heterocycles. The van der Waals surface area contributed by atoms with Gasteiger partial charge < -0.3 is 9.67 Å². The number of aromatic hydroxyl groups is 1. The summed E-state index contributed by atoms with van der Waals surface area (Å²) < 4.78 is 1.83. The molecule has 1 N–H and O–H groups in total. The lowest BCUT2D eigenvalue weighted by Gasteiger charge is -2.16. The first-order chi connectivity index (χ1) is 11.7. The molecule has 3 aliphatic rings. The Bertz CT molecular complexity index is 1150. The van der Waals surface area contributed by atoms with Crippen molar-refractivity contribution in [1.29, 1.82) is 0 Å². The Balaban J connectivity index is 2.58. The monoisotopic (exact) mass is 338 g/mol. The van der Waals surface area contributed by atoms with Gasteiger partial charge in [0.15, 0.2) is 0 Å². The van der Waals surface area contributed by atoms with E-state index >= 15 is 0 Å². The molecule has 0 aromatic rings. The molecule has 1 aliphatic carbocycles. The highest BCUT2D eigenvalue weighted by Gasteiger charge is 2.21. The fraction of sp³-hybridized carbons (Fsp3) is 0.350. The minimum atomic E-state index is -0.475. The molecule has 0 radical (unpaired) electrons. The van der Waals surface area contributed by atoms with Gasteiger partial charge >= 0.3 is 0 Å². The summed E-state index contributed by atoms with van der Waals surface area (Å²) in [7, 11) is 0. The van der Waals surface area contributed by atoms with Gasteiger partial charge in [0.05, 0.1) is 5.56 Å². The Morgan fingerprint density at radius 1 is 1.28 bits per heavy atom. The number of carbonyl (C=O) groups excluding carboxylic acids is 1. The van der Waals surface area contributed by atoms with Crippen molar-refractivity contribution in [2.45, 2.75) is 40.7 Å². The summed E-state index contributed by atoms with van der Waals surface area (Å²) in [6, 6.07) is 1.87. The highest BCUT2D eigenvalue weighted by Crippen LogP contribution is 2.25. The highest BCUT2D eigenvalue weighted by molar-refractivity contribution is 5.98. The summed E-state index contributed by atoms with van der Waals surface area (Å²) in [5.74, 6) is -0.0106. The quantitative estimate of drug-likeness (QED) is 0.924. The van der Waals surface area contributed by atoms with E-state index in [1.165, 1.54) is 6.08 Å². The maximum Gasteiger partial charge on any atom is 0.270 e. The zero-order chi connectivity index (χ0) is 18.5. The number of aromatic nitrogens is 1. The minimum absolute atomic E-state index is 0.00500. The van der Waals surface area contributed by atoms with Crippen LogP contribution in [0.1, 0.15) is 38.3 Å². The zero-order valence-corrected chi connectivity index (χ0v) is 15.0. The Kier molecular flexibility index (Phi) is 4.11. The highest BCUT2D eigenvalue weighted by atomic mass is 16.3. The van der Waals surface area contributed by atoms with Crippen LogP contribution in [0.25, 0.3) is 12.2 Å². The lowest BCUT2D eigenvalue weighted by molar-refractivity contribution is -0.113. The second-order valence-electron chi connectivity index (χ2n) is 7.06. The van der Waals surface area contributed by atoms with Gasteiger partial charge in [-0.25, -0.2) is 4.99 Å². The fourth-order valence-corrected chi connectivity index (χ4v) is 3.39. The second kappa shape index (κ2) is 5.99. The average molecular weight is 338 g/mol. The summed E-state index contributed by atoms with van der Waals surface area (Å²) in [4.78, 5) is 28.8. The molecular weight excluding hydrogens is 316 g/mol. The molecule has 0 fully saturated rings. The molecule has 0 saturated heterocycles. The molecule has 0 unspecified atom stereocenters. The number of allylic oxidation sites excluding steroid dienone is 1. The third-order valence-corrected chi connectivity index (χ3v) is 4.66. The van der Waals surface area contributed by atoms with E-state index in [2.05, 4.69) is 25.4 Å². The molecule has 0 aromatic heterocycles. The molecule has 0 bridgehead atoms. The third-order valence-electron chi connectivity index (χ3n) is 4.66. The van der Waals surface area contributed by atoms with Crippen LogP contribution in [0.3, 0.4) is 0 Å². The summed E-state index contributed by atoms with van der Waals surface area (Å²) >= 11 is 0. The molecular formula is C20H22N2O3. The first-order valence-corrected chi connectivity index (χ1v) is 8.41. The number of aryl methyl sites for hydroxylation is 1. The molecule has 25 heavy (non-hydrogen) atoms. The lowest BCUT2D eigenvalue weighted by Crippen LogP contribution is -2.37. The summed E-state index contributed by atoms with van der Waals surface area (Å²) in [5.41, 5.74) is 1.36. The van der Waals surface area contributed by atoms with Crippen LogP contribution >= 0.6 is 0 Å². The van der Waals surface area contributed by atoms with Crippen molar-refractivity contribution in [2.75, 3.05) is 0 Å². The number of hydrogen-bond acceptors (Lipinski definition) is 3. The SMILES string of the molecule is C=c1cc(C)c2c(O)c3c(c(=O)c=2n1CCC(C)C)=NC(=O)C=C3C. The van der Waals surface area contributed by atoms with Crippen LogP contribution in [0.5, 0.6) is 5.75 Å². The lowest BCUT2D eigenvalue weighted by atomic mass is 9.98. The van der Waals surface area contributed by atoms with Crippen molar-refractivity contribution >= 4 is 18.1 Å². The third kappa shape index (κ3) is 2.69. The molecule has 0 spiro atoms. The predicted molar refractivity (Wildman–Crippen MR) is 96.8 cm³/mol. The van der Waals surface area contributed by atoms with Gasteiger partial charge in [-0.2, -0.15) is 0 Å². The van der Waals surface area contributed by atoms with Gasteiger partial charge in [-0.1, -0.05) is 20.4 Å². The van der Waals surface area contributed by atoms with Crippen LogP contribution in [0.15, 0.2) is 21.9 Å². The van der Waals surface area contributed by atoms with Crippen LogP contribution in [0.2, 0.25) is 0 Å². The molecule has 5 heteroatoms. The van der Waals surface area contributed by atoms with E-state index in [9.17, 15) is 14.7 Å². The summed E-state index contributed by atoms with van der Waals surface area (Å²) in [6.07, 6.45) is 2.21. The maximum absolute atomic E-state index is 13.2. The normalized spacial score (nSPS) is 13.8. The first-order valence-electron chi connectivity index (χ1n) is 8.41. The van der Waals surface area contributed by atoms with E-state index in [0.29, 0.717) is 39.5 Å². The molecule has 130 valence electrons. The van der Waals surface area contributed by atoms with Gasteiger partial charge in [-0.15, -0.1) is 0 Å². The van der Waals surface area contributed by atoms with Crippen molar-refractivity contribution in [1.82, 2.24) is 4.57 Å². The van der Waals surface area contributed by atoms with Gasteiger partial charge in [-0.3, -0.25) is 9.59 Å². The van der Waals surface area contributed by atoms with Gasteiger partial charge in [0.25, 0.3) is 5.91 Å². The molecule has 0 atom stereocenters. The van der Waals surface area contributed by atoms with Gasteiger partial charge in [0, 0.05) is 23.2 Å². The van der Waals surface area contributed by atoms with Crippen LogP contribution < -0.4 is 16.1 Å². The Morgan fingerprint density at radius 2 is 1.96 bits per heavy atom. The standard InChI is InChI=1S/C20H22N2O3/c1-10(2)6-7-22-13(5)8-11(3)16-18(22)20(25)17-15(19(16)24)12(4)9-14(23)21-17/h8-10,24H,5-7H2,1-4H3. The van der Waals surface area contributed by atoms with Crippen molar-refractivity contribution in [3.63, 3.8) is 0 Å². The van der Waals surface area contributed by atoms with E-state index in [4.69, 9.17) is 0 Å². The van der Waals surface area contributed by atoms with E-state index < -0.39 is 5.91 Å². The Labute approximate surface area is 145 Å². The molecule has 3 rings (SSSR count). The summed E-state index contributed by atoms with van der Waals surface area (Å²) in [6.45, 7) is 12.4.